The maximum absolute atomic E-state index is 11.8. The summed E-state index contributed by atoms with van der Waals surface area (Å²) in [4.78, 5) is 17.0. The van der Waals surface area contributed by atoms with Crippen LogP contribution in [0.2, 0.25) is 0 Å². The molecule has 1 heterocycles. The van der Waals surface area contributed by atoms with E-state index in [1.807, 2.05) is 54.6 Å². The standard InChI is InChI=1S/C17H13BrN2O2S/c18-14-8-6-13(7-9-14)15-10-19-16(23-15)20-17(21)22-11-12-4-2-1-3-5-12/h1-10H,11H2,(H,19,20,21). The van der Waals surface area contributed by atoms with Crippen LogP contribution in [0.15, 0.2) is 65.3 Å². The maximum atomic E-state index is 11.8. The molecule has 116 valence electrons. The highest BCUT2D eigenvalue weighted by atomic mass is 79.9. The predicted octanol–water partition coefficient (Wildman–Crippen LogP) is 5.32. The van der Waals surface area contributed by atoms with Crippen molar-refractivity contribution in [3.8, 4) is 10.4 Å². The Morgan fingerprint density at radius 1 is 1.13 bits per heavy atom. The van der Waals surface area contributed by atoms with E-state index < -0.39 is 6.09 Å². The second-order valence-corrected chi connectivity index (χ2v) is 6.67. The highest BCUT2D eigenvalue weighted by Gasteiger charge is 2.09. The average molecular weight is 389 g/mol. The van der Waals surface area contributed by atoms with Crippen molar-refractivity contribution >= 4 is 38.5 Å². The number of rotatable bonds is 4. The Labute approximate surface area is 146 Å². The van der Waals surface area contributed by atoms with Crippen molar-refractivity contribution in [3.05, 3.63) is 70.8 Å². The van der Waals surface area contributed by atoms with E-state index in [-0.39, 0.29) is 6.61 Å². The van der Waals surface area contributed by atoms with Crippen LogP contribution in [-0.4, -0.2) is 11.1 Å². The molecule has 0 aliphatic carbocycles. The lowest BCUT2D eigenvalue weighted by Gasteiger charge is -2.04. The minimum atomic E-state index is -0.509. The van der Waals surface area contributed by atoms with Crippen molar-refractivity contribution in [2.45, 2.75) is 6.61 Å². The quantitative estimate of drug-likeness (QED) is 0.657. The fourth-order valence-electron chi connectivity index (χ4n) is 1.93. The number of benzene rings is 2. The monoisotopic (exact) mass is 388 g/mol. The van der Waals surface area contributed by atoms with Gasteiger partial charge in [-0.05, 0) is 23.3 Å². The van der Waals surface area contributed by atoms with Crippen molar-refractivity contribution in [1.82, 2.24) is 4.98 Å². The van der Waals surface area contributed by atoms with Gasteiger partial charge in [0.1, 0.15) is 6.61 Å². The third-order valence-corrected chi connectivity index (χ3v) is 4.55. The van der Waals surface area contributed by atoms with Crippen LogP contribution in [0.4, 0.5) is 9.93 Å². The van der Waals surface area contributed by atoms with Crippen LogP contribution in [-0.2, 0) is 11.3 Å². The van der Waals surface area contributed by atoms with Gasteiger partial charge < -0.3 is 4.74 Å². The minimum Gasteiger partial charge on any atom is -0.444 e. The number of ether oxygens (including phenoxy) is 1. The number of halogens is 1. The molecule has 1 N–H and O–H groups in total. The molecule has 23 heavy (non-hydrogen) atoms. The summed E-state index contributed by atoms with van der Waals surface area (Å²) in [5.41, 5.74) is 1.99. The Balaban J connectivity index is 1.58. The second-order valence-electron chi connectivity index (χ2n) is 4.72. The number of carbonyl (C=O) groups is 1. The summed E-state index contributed by atoms with van der Waals surface area (Å²) >= 11 is 4.81. The van der Waals surface area contributed by atoms with Crippen molar-refractivity contribution < 1.29 is 9.53 Å². The lowest BCUT2D eigenvalue weighted by molar-refractivity contribution is 0.155. The summed E-state index contributed by atoms with van der Waals surface area (Å²) in [7, 11) is 0. The smallest absolute Gasteiger partial charge is 0.413 e. The molecule has 0 radical (unpaired) electrons. The lowest BCUT2D eigenvalue weighted by atomic mass is 10.2. The largest absolute Gasteiger partial charge is 0.444 e. The van der Waals surface area contributed by atoms with Crippen molar-refractivity contribution in [2.75, 3.05) is 5.32 Å². The Morgan fingerprint density at radius 3 is 2.61 bits per heavy atom. The second kappa shape index (κ2) is 7.39. The summed E-state index contributed by atoms with van der Waals surface area (Å²) in [6.07, 6.45) is 1.23. The number of hydrogen-bond donors (Lipinski definition) is 1. The third-order valence-electron chi connectivity index (χ3n) is 3.06. The number of thiazole rings is 1. The van der Waals surface area contributed by atoms with Crippen LogP contribution in [0, 0.1) is 0 Å². The first kappa shape index (κ1) is 15.7. The zero-order chi connectivity index (χ0) is 16.1. The average Bonchev–Trinajstić information content (AvgIpc) is 3.03. The van der Waals surface area contributed by atoms with Gasteiger partial charge in [0.25, 0.3) is 0 Å². The van der Waals surface area contributed by atoms with Gasteiger partial charge in [0.05, 0.1) is 4.88 Å². The molecule has 0 saturated heterocycles. The topological polar surface area (TPSA) is 51.2 Å². The number of hydrogen-bond acceptors (Lipinski definition) is 4. The Bertz CT molecular complexity index is 788. The number of nitrogens with one attached hydrogen (secondary N) is 1. The molecule has 3 aromatic rings. The van der Waals surface area contributed by atoms with Gasteiger partial charge in [-0.3, -0.25) is 5.32 Å². The van der Waals surface area contributed by atoms with Crippen molar-refractivity contribution in [3.63, 3.8) is 0 Å². The maximum Gasteiger partial charge on any atom is 0.413 e. The first-order valence-corrected chi connectivity index (χ1v) is 8.51. The number of aromatic nitrogens is 1. The summed E-state index contributed by atoms with van der Waals surface area (Å²) in [5.74, 6) is 0. The Hall–Kier alpha value is -2.18. The third kappa shape index (κ3) is 4.40. The molecule has 1 aromatic heterocycles. The molecule has 0 unspecified atom stereocenters. The van der Waals surface area contributed by atoms with Crippen molar-refractivity contribution in [2.24, 2.45) is 0 Å². The van der Waals surface area contributed by atoms with E-state index in [1.54, 1.807) is 6.20 Å². The molecule has 0 aliphatic heterocycles. The molecule has 0 saturated carbocycles. The van der Waals surface area contributed by atoms with E-state index in [9.17, 15) is 4.79 Å². The van der Waals surface area contributed by atoms with Crippen LogP contribution in [0.1, 0.15) is 5.56 Å². The molecule has 1 amide bonds. The zero-order valence-electron chi connectivity index (χ0n) is 12.0. The van der Waals surface area contributed by atoms with Crippen LogP contribution in [0.3, 0.4) is 0 Å². The summed E-state index contributed by atoms with van der Waals surface area (Å²) in [6.45, 7) is 0.234. The molecule has 6 heteroatoms. The lowest BCUT2D eigenvalue weighted by Crippen LogP contribution is -2.13. The fraction of sp³-hybridized carbons (Fsp3) is 0.0588. The number of carbonyl (C=O) groups excluding carboxylic acids is 1. The van der Waals surface area contributed by atoms with Crippen LogP contribution >= 0.6 is 27.3 Å². The van der Waals surface area contributed by atoms with Gasteiger partial charge >= 0.3 is 6.09 Å². The Kier molecular flexibility index (Phi) is 5.05. The first-order chi connectivity index (χ1) is 11.2. The van der Waals surface area contributed by atoms with E-state index >= 15 is 0 Å². The number of amides is 1. The van der Waals surface area contributed by atoms with Crippen LogP contribution in [0.5, 0.6) is 0 Å². The van der Waals surface area contributed by atoms with E-state index in [4.69, 9.17) is 4.74 Å². The zero-order valence-corrected chi connectivity index (χ0v) is 14.4. The predicted molar refractivity (Wildman–Crippen MR) is 95.5 cm³/mol. The van der Waals surface area contributed by atoms with Gasteiger partial charge in [-0.1, -0.05) is 69.7 Å². The van der Waals surface area contributed by atoms with E-state index in [0.717, 1.165) is 20.5 Å². The summed E-state index contributed by atoms with van der Waals surface area (Å²) in [5, 5.41) is 3.17. The van der Waals surface area contributed by atoms with Crippen LogP contribution in [0.25, 0.3) is 10.4 Å². The van der Waals surface area contributed by atoms with E-state index in [0.29, 0.717) is 5.13 Å². The molecular weight excluding hydrogens is 376 g/mol. The molecule has 0 atom stereocenters. The molecule has 4 nitrogen and oxygen atoms in total. The first-order valence-electron chi connectivity index (χ1n) is 6.90. The summed E-state index contributed by atoms with van der Waals surface area (Å²) in [6, 6.07) is 17.5. The van der Waals surface area contributed by atoms with Crippen LogP contribution < -0.4 is 5.32 Å². The highest BCUT2D eigenvalue weighted by molar-refractivity contribution is 9.10. The normalized spacial score (nSPS) is 10.3. The van der Waals surface area contributed by atoms with Gasteiger partial charge in [0.15, 0.2) is 5.13 Å². The molecule has 0 aliphatic rings. The number of nitrogens with zero attached hydrogens (tertiary/aromatic N) is 1. The Morgan fingerprint density at radius 2 is 1.87 bits per heavy atom. The van der Waals surface area contributed by atoms with Gasteiger partial charge in [0, 0.05) is 10.7 Å². The van der Waals surface area contributed by atoms with Crippen molar-refractivity contribution in [1.29, 1.82) is 0 Å². The molecule has 0 fully saturated rings. The van der Waals surface area contributed by atoms with Gasteiger partial charge in [-0.15, -0.1) is 0 Å². The van der Waals surface area contributed by atoms with Gasteiger partial charge in [-0.2, -0.15) is 0 Å². The molecule has 0 spiro atoms. The van der Waals surface area contributed by atoms with E-state index in [1.165, 1.54) is 11.3 Å². The SMILES string of the molecule is O=C(Nc1ncc(-c2ccc(Br)cc2)s1)OCc1ccccc1. The van der Waals surface area contributed by atoms with Gasteiger partial charge in [-0.25, -0.2) is 9.78 Å². The molecule has 3 rings (SSSR count). The summed E-state index contributed by atoms with van der Waals surface area (Å²) < 4.78 is 6.19. The molecule has 0 bridgehead atoms. The molecular formula is C17H13BrN2O2S. The number of anilines is 1. The molecule has 2 aromatic carbocycles. The minimum absolute atomic E-state index is 0.234. The highest BCUT2D eigenvalue weighted by Crippen LogP contribution is 2.29. The van der Waals surface area contributed by atoms with E-state index in [2.05, 4.69) is 26.2 Å². The van der Waals surface area contributed by atoms with Gasteiger partial charge in [0.2, 0.25) is 0 Å². The fourth-order valence-corrected chi connectivity index (χ4v) is 3.00.